The molecule has 1 rings (SSSR count). The molecule has 29 heavy (non-hydrogen) atoms. The molecule has 168 valence electrons. The van der Waals surface area contributed by atoms with Gasteiger partial charge in [0.25, 0.3) is 0 Å². The van der Waals surface area contributed by atoms with Crippen molar-refractivity contribution in [3.05, 3.63) is 17.8 Å². The summed E-state index contributed by atoms with van der Waals surface area (Å²) < 4.78 is 11.1. The van der Waals surface area contributed by atoms with E-state index in [0.29, 0.717) is 31.5 Å². The second-order valence-electron chi connectivity index (χ2n) is 9.43. The molecule has 3 N–H and O–H groups in total. The van der Waals surface area contributed by atoms with Crippen LogP contribution in [-0.2, 0) is 16.7 Å². The highest BCUT2D eigenvalue weighted by Gasteiger charge is 2.25. The van der Waals surface area contributed by atoms with Crippen LogP contribution in [0.2, 0.25) is 0 Å². The van der Waals surface area contributed by atoms with Gasteiger partial charge in [-0.15, -0.1) is 24.0 Å². The van der Waals surface area contributed by atoms with Crippen LogP contribution < -0.4 is 16.0 Å². The fourth-order valence-corrected chi connectivity index (χ4v) is 2.15. The SMILES string of the molecule is CCNC(=NCc1ncc(C(C)(C)C)o1)NCC(C)(C)NC(=O)OC(C)(C)C.I. The van der Waals surface area contributed by atoms with Crippen LogP contribution in [0.1, 0.15) is 74.0 Å². The molecule has 0 atom stereocenters. The molecule has 0 bridgehead atoms. The number of alkyl carbamates (subject to hydrolysis) is 1. The summed E-state index contributed by atoms with van der Waals surface area (Å²) in [4.78, 5) is 20.8. The van der Waals surface area contributed by atoms with Crippen LogP contribution in [0.5, 0.6) is 0 Å². The zero-order chi connectivity index (χ0) is 21.6. The first kappa shape index (κ1) is 27.5. The minimum Gasteiger partial charge on any atom is -0.444 e. The van der Waals surface area contributed by atoms with Crippen molar-refractivity contribution >= 4 is 36.0 Å². The number of hydrogen-bond acceptors (Lipinski definition) is 5. The number of aliphatic imine (C=N–C) groups is 1. The summed E-state index contributed by atoms with van der Waals surface area (Å²) in [5.41, 5.74) is -1.15. The number of ether oxygens (including phenoxy) is 1. The first-order chi connectivity index (χ1) is 12.7. The molecule has 1 heterocycles. The van der Waals surface area contributed by atoms with Gasteiger partial charge in [-0.25, -0.2) is 14.8 Å². The number of carbonyl (C=O) groups excluding carboxylic acids is 1. The number of carbonyl (C=O) groups is 1. The van der Waals surface area contributed by atoms with E-state index >= 15 is 0 Å². The van der Waals surface area contributed by atoms with E-state index in [1.54, 1.807) is 6.20 Å². The number of rotatable bonds is 6. The van der Waals surface area contributed by atoms with Gasteiger partial charge in [-0.2, -0.15) is 0 Å². The van der Waals surface area contributed by atoms with Gasteiger partial charge in [0.05, 0.1) is 11.7 Å². The molecule has 0 saturated carbocycles. The van der Waals surface area contributed by atoms with Gasteiger partial charge >= 0.3 is 6.09 Å². The van der Waals surface area contributed by atoms with Gasteiger partial charge in [-0.3, -0.25) is 0 Å². The average molecular weight is 523 g/mol. The summed E-state index contributed by atoms with van der Waals surface area (Å²) >= 11 is 0. The maximum atomic E-state index is 12.0. The van der Waals surface area contributed by atoms with Gasteiger partial charge in [0.15, 0.2) is 5.96 Å². The van der Waals surface area contributed by atoms with Crippen molar-refractivity contribution in [2.75, 3.05) is 13.1 Å². The highest BCUT2D eigenvalue weighted by atomic mass is 127. The molecule has 0 aromatic carbocycles. The van der Waals surface area contributed by atoms with Gasteiger partial charge in [-0.05, 0) is 41.5 Å². The second-order valence-corrected chi connectivity index (χ2v) is 9.43. The fourth-order valence-electron chi connectivity index (χ4n) is 2.15. The molecule has 0 aliphatic carbocycles. The normalized spacial score (nSPS) is 12.8. The lowest BCUT2D eigenvalue weighted by Crippen LogP contribution is -2.54. The quantitative estimate of drug-likeness (QED) is 0.297. The van der Waals surface area contributed by atoms with Crippen molar-refractivity contribution in [1.29, 1.82) is 0 Å². The van der Waals surface area contributed by atoms with Gasteiger partial charge in [0.1, 0.15) is 17.9 Å². The van der Waals surface area contributed by atoms with Gasteiger partial charge in [0, 0.05) is 18.5 Å². The topological polar surface area (TPSA) is 101 Å². The number of aromatic nitrogens is 1. The van der Waals surface area contributed by atoms with E-state index in [0.717, 1.165) is 5.76 Å². The number of nitrogens with zero attached hydrogens (tertiary/aromatic N) is 2. The molecule has 1 amide bonds. The lowest BCUT2D eigenvalue weighted by Gasteiger charge is -2.29. The van der Waals surface area contributed by atoms with Gasteiger partial charge in [-0.1, -0.05) is 20.8 Å². The van der Waals surface area contributed by atoms with E-state index in [1.807, 2.05) is 41.5 Å². The predicted octanol–water partition coefficient (Wildman–Crippen LogP) is 3.95. The zero-order valence-corrected chi connectivity index (χ0v) is 21.6. The highest BCUT2D eigenvalue weighted by molar-refractivity contribution is 14.0. The summed E-state index contributed by atoms with van der Waals surface area (Å²) in [5, 5.41) is 9.28. The third kappa shape index (κ3) is 11.3. The zero-order valence-electron chi connectivity index (χ0n) is 19.2. The Morgan fingerprint density at radius 3 is 2.24 bits per heavy atom. The van der Waals surface area contributed by atoms with Crippen LogP contribution >= 0.6 is 24.0 Å². The van der Waals surface area contributed by atoms with Crippen LogP contribution in [0.25, 0.3) is 0 Å². The van der Waals surface area contributed by atoms with E-state index < -0.39 is 17.2 Å². The Kier molecular flexibility index (Phi) is 10.5. The largest absolute Gasteiger partial charge is 0.444 e. The lowest BCUT2D eigenvalue weighted by molar-refractivity contribution is 0.0474. The minimum atomic E-state index is -0.536. The number of oxazole rings is 1. The third-order valence-electron chi connectivity index (χ3n) is 3.55. The van der Waals surface area contributed by atoms with E-state index in [-0.39, 0.29) is 29.4 Å². The van der Waals surface area contributed by atoms with Crippen LogP contribution in [0.4, 0.5) is 4.79 Å². The molecular weight excluding hydrogens is 485 g/mol. The van der Waals surface area contributed by atoms with Crippen molar-refractivity contribution < 1.29 is 13.9 Å². The summed E-state index contributed by atoms with van der Waals surface area (Å²) in [7, 11) is 0. The summed E-state index contributed by atoms with van der Waals surface area (Å²) in [6.07, 6.45) is 1.30. The highest BCUT2D eigenvalue weighted by Crippen LogP contribution is 2.22. The van der Waals surface area contributed by atoms with Crippen molar-refractivity contribution in [2.45, 2.75) is 85.4 Å². The number of amides is 1. The number of guanidine groups is 1. The van der Waals surface area contributed by atoms with Crippen LogP contribution in [0.15, 0.2) is 15.6 Å². The molecule has 9 heteroatoms. The molecule has 0 unspecified atom stereocenters. The van der Waals surface area contributed by atoms with E-state index in [4.69, 9.17) is 9.15 Å². The van der Waals surface area contributed by atoms with E-state index in [2.05, 4.69) is 46.7 Å². The maximum absolute atomic E-state index is 12.0. The second kappa shape index (κ2) is 11.0. The molecular formula is C20H38IN5O3. The molecule has 1 aromatic heterocycles. The van der Waals surface area contributed by atoms with Gasteiger partial charge in [0.2, 0.25) is 5.89 Å². The molecule has 0 aliphatic heterocycles. The van der Waals surface area contributed by atoms with E-state index in [9.17, 15) is 4.79 Å². The average Bonchev–Trinajstić information content (AvgIpc) is 2.96. The van der Waals surface area contributed by atoms with Crippen LogP contribution in [0, 0.1) is 0 Å². The first-order valence-corrected chi connectivity index (χ1v) is 9.70. The van der Waals surface area contributed by atoms with Crippen molar-refractivity contribution in [2.24, 2.45) is 4.99 Å². The van der Waals surface area contributed by atoms with Crippen LogP contribution in [-0.4, -0.2) is 41.3 Å². The Labute approximate surface area is 192 Å². The molecule has 0 radical (unpaired) electrons. The Morgan fingerprint density at radius 2 is 1.76 bits per heavy atom. The molecule has 0 saturated heterocycles. The molecule has 8 nitrogen and oxygen atoms in total. The smallest absolute Gasteiger partial charge is 0.408 e. The van der Waals surface area contributed by atoms with Gasteiger partial charge < -0.3 is 25.1 Å². The monoisotopic (exact) mass is 523 g/mol. The predicted molar refractivity (Wildman–Crippen MR) is 127 cm³/mol. The first-order valence-electron chi connectivity index (χ1n) is 9.70. The maximum Gasteiger partial charge on any atom is 0.408 e. The van der Waals surface area contributed by atoms with Crippen LogP contribution in [0.3, 0.4) is 0 Å². The van der Waals surface area contributed by atoms with Crippen molar-refractivity contribution in [3.63, 3.8) is 0 Å². The molecule has 0 fully saturated rings. The number of hydrogen-bond donors (Lipinski definition) is 3. The Balaban J connectivity index is 0.00000784. The van der Waals surface area contributed by atoms with Crippen molar-refractivity contribution in [3.8, 4) is 0 Å². The summed E-state index contributed by atoms with van der Waals surface area (Å²) in [6, 6.07) is 0. The summed E-state index contributed by atoms with van der Waals surface area (Å²) in [5.74, 6) is 2.02. The lowest BCUT2D eigenvalue weighted by atomic mass is 9.94. The standard InChI is InChI=1S/C20H37N5O3.HI/c1-10-21-16(23-12-15-22-11-14(27-15)18(2,3)4)24-13-20(8,9)25-17(26)28-19(5,6)7;/h11H,10,12-13H2,1-9H3,(H,25,26)(H2,21,23,24);1H. The minimum absolute atomic E-state index is 0. The number of nitrogens with one attached hydrogen (secondary N) is 3. The van der Waals surface area contributed by atoms with Crippen molar-refractivity contribution in [1.82, 2.24) is 20.9 Å². The molecule has 1 aromatic rings. The fraction of sp³-hybridized carbons (Fsp3) is 0.750. The van der Waals surface area contributed by atoms with E-state index in [1.165, 1.54) is 0 Å². The number of halogens is 1. The summed E-state index contributed by atoms with van der Waals surface area (Å²) in [6.45, 7) is 19.1. The third-order valence-corrected chi connectivity index (χ3v) is 3.55. The Bertz CT molecular complexity index is 672. The molecule has 0 aliphatic rings. The molecule has 0 spiro atoms. The Morgan fingerprint density at radius 1 is 1.14 bits per heavy atom. The Hall–Kier alpha value is -1.52.